The molecule has 4 aromatic rings. The molecular weight excluding hydrogens is 423 g/mol. The third-order valence-electron chi connectivity index (χ3n) is 5.10. The van der Waals surface area contributed by atoms with E-state index in [1.165, 1.54) is 6.07 Å². The zero-order chi connectivity index (χ0) is 22.2. The van der Waals surface area contributed by atoms with E-state index in [9.17, 15) is 21.6 Å². The van der Waals surface area contributed by atoms with Crippen molar-refractivity contribution in [1.82, 2.24) is 4.98 Å². The van der Waals surface area contributed by atoms with E-state index in [1.807, 2.05) is 0 Å². The van der Waals surface area contributed by atoms with Gasteiger partial charge in [0.2, 0.25) is 0 Å². The minimum atomic E-state index is -4.51. The Morgan fingerprint density at radius 3 is 2.29 bits per heavy atom. The number of pyridine rings is 1. The van der Waals surface area contributed by atoms with Gasteiger partial charge in [-0.25, -0.2) is 13.4 Å². The highest BCUT2D eigenvalue weighted by atomic mass is 32.2. The van der Waals surface area contributed by atoms with E-state index in [2.05, 4.69) is 4.98 Å². The lowest BCUT2D eigenvalue weighted by atomic mass is 10.0. The van der Waals surface area contributed by atoms with Crippen molar-refractivity contribution in [3.63, 3.8) is 0 Å². The fourth-order valence-electron chi connectivity index (χ4n) is 3.51. The number of sulfone groups is 1. The lowest BCUT2D eigenvalue weighted by molar-refractivity contribution is -0.136. The number of alkyl halides is 3. The zero-order valence-corrected chi connectivity index (χ0v) is 17.3. The van der Waals surface area contributed by atoms with E-state index in [-0.39, 0.29) is 16.2 Å². The van der Waals surface area contributed by atoms with Crippen LogP contribution in [0.2, 0.25) is 0 Å². The van der Waals surface area contributed by atoms with Crippen molar-refractivity contribution < 1.29 is 21.6 Å². The van der Waals surface area contributed by atoms with Crippen molar-refractivity contribution in [2.24, 2.45) is 0 Å². The standard InChI is InChI=1S/C24H18F3NO2S/c1-2-31(29,30)22-12-4-3-10-19(22)17-8-5-9-18(15-17)21-14-13-16-7-6-11-20(23(16)28-21)24(25,26)27/h3-15H,2H2,1H3. The molecule has 0 atom stereocenters. The highest BCUT2D eigenvalue weighted by Gasteiger charge is 2.33. The topological polar surface area (TPSA) is 47.0 Å². The van der Waals surface area contributed by atoms with Crippen LogP contribution in [0.3, 0.4) is 0 Å². The highest BCUT2D eigenvalue weighted by molar-refractivity contribution is 7.91. The Labute approximate surface area is 178 Å². The maximum absolute atomic E-state index is 13.4. The molecule has 0 bridgehead atoms. The number of fused-ring (bicyclic) bond motifs is 1. The molecule has 0 saturated heterocycles. The van der Waals surface area contributed by atoms with Gasteiger partial charge in [0.25, 0.3) is 0 Å². The second-order valence-corrected chi connectivity index (χ2v) is 9.30. The molecule has 31 heavy (non-hydrogen) atoms. The van der Waals surface area contributed by atoms with E-state index >= 15 is 0 Å². The smallest absolute Gasteiger partial charge is 0.247 e. The molecule has 4 rings (SSSR count). The summed E-state index contributed by atoms with van der Waals surface area (Å²) in [5.41, 5.74) is 1.26. The Morgan fingerprint density at radius 2 is 1.55 bits per heavy atom. The molecule has 1 aromatic heterocycles. The molecule has 7 heteroatoms. The van der Waals surface area contributed by atoms with Crippen molar-refractivity contribution in [3.8, 4) is 22.4 Å². The Hall–Kier alpha value is -3.19. The van der Waals surface area contributed by atoms with Crippen LogP contribution in [0, 0.1) is 0 Å². The Kier molecular flexibility index (Phi) is 5.31. The largest absolute Gasteiger partial charge is 0.418 e. The molecule has 0 radical (unpaired) electrons. The maximum atomic E-state index is 13.4. The Balaban J connectivity index is 1.87. The molecule has 0 aliphatic carbocycles. The highest BCUT2D eigenvalue weighted by Crippen LogP contribution is 2.36. The number of nitrogens with zero attached hydrogens (tertiary/aromatic N) is 1. The molecule has 3 aromatic carbocycles. The fraction of sp³-hybridized carbons (Fsp3) is 0.125. The average Bonchev–Trinajstić information content (AvgIpc) is 2.77. The predicted octanol–water partition coefficient (Wildman–Crippen LogP) is 6.38. The molecule has 0 spiro atoms. The molecule has 0 fully saturated rings. The molecular formula is C24H18F3NO2S. The minimum absolute atomic E-state index is 0.0316. The fourth-order valence-corrected chi connectivity index (χ4v) is 4.63. The van der Waals surface area contributed by atoms with Crippen LogP contribution in [0.4, 0.5) is 13.2 Å². The van der Waals surface area contributed by atoms with E-state index in [1.54, 1.807) is 73.7 Å². The van der Waals surface area contributed by atoms with Crippen LogP contribution >= 0.6 is 0 Å². The van der Waals surface area contributed by atoms with Crippen LogP contribution in [0.1, 0.15) is 12.5 Å². The molecule has 0 amide bonds. The number of halogens is 3. The quantitative estimate of drug-likeness (QED) is 0.369. The number of hydrogen-bond donors (Lipinski definition) is 0. The van der Waals surface area contributed by atoms with Crippen LogP contribution < -0.4 is 0 Å². The van der Waals surface area contributed by atoms with Crippen LogP contribution in [0.5, 0.6) is 0 Å². The number of hydrogen-bond acceptors (Lipinski definition) is 3. The third-order valence-corrected chi connectivity index (χ3v) is 6.88. The molecule has 0 N–H and O–H groups in total. The van der Waals surface area contributed by atoms with E-state index in [4.69, 9.17) is 0 Å². The average molecular weight is 441 g/mol. The Morgan fingerprint density at radius 1 is 0.839 bits per heavy atom. The summed E-state index contributed by atoms with van der Waals surface area (Å²) in [6.45, 7) is 1.58. The number of benzene rings is 3. The Bertz CT molecular complexity index is 1380. The summed E-state index contributed by atoms with van der Waals surface area (Å²) in [6, 6.07) is 20.9. The van der Waals surface area contributed by atoms with E-state index in [0.717, 1.165) is 6.07 Å². The second kappa shape index (κ2) is 7.81. The second-order valence-electron chi connectivity index (χ2n) is 7.05. The van der Waals surface area contributed by atoms with Crippen molar-refractivity contribution >= 4 is 20.7 Å². The van der Waals surface area contributed by atoms with Gasteiger partial charge in [0, 0.05) is 16.5 Å². The SMILES string of the molecule is CCS(=O)(=O)c1ccccc1-c1cccc(-c2ccc3cccc(C(F)(F)F)c3n2)c1. The molecule has 0 aliphatic rings. The van der Waals surface area contributed by atoms with Crippen LogP contribution in [-0.4, -0.2) is 19.2 Å². The van der Waals surface area contributed by atoms with Crippen LogP contribution in [0.15, 0.2) is 83.8 Å². The van der Waals surface area contributed by atoms with Gasteiger partial charge in [0.15, 0.2) is 9.84 Å². The first-order valence-electron chi connectivity index (χ1n) is 9.60. The lowest BCUT2D eigenvalue weighted by Gasteiger charge is -2.12. The van der Waals surface area contributed by atoms with Crippen molar-refractivity contribution in [3.05, 3.63) is 84.4 Å². The summed E-state index contributed by atoms with van der Waals surface area (Å²) in [7, 11) is -3.45. The molecule has 3 nitrogen and oxygen atoms in total. The van der Waals surface area contributed by atoms with Crippen molar-refractivity contribution in [2.45, 2.75) is 18.0 Å². The van der Waals surface area contributed by atoms with Crippen LogP contribution in [-0.2, 0) is 16.0 Å². The van der Waals surface area contributed by atoms with E-state index in [0.29, 0.717) is 27.8 Å². The number of rotatable bonds is 4. The molecule has 158 valence electrons. The summed E-state index contributed by atoms with van der Waals surface area (Å²) in [5.74, 6) is -0.0316. The summed E-state index contributed by atoms with van der Waals surface area (Å²) in [4.78, 5) is 4.52. The summed E-state index contributed by atoms with van der Waals surface area (Å²) in [6.07, 6.45) is -4.51. The van der Waals surface area contributed by atoms with Gasteiger partial charge in [0.05, 0.1) is 27.4 Å². The first kappa shape index (κ1) is 21.1. The van der Waals surface area contributed by atoms with E-state index < -0.39 is 21.6 Å². The van der Waals surface area contributed by atoms with Gasteiger partial charge in [-0.05, 0) is 29.8 Å². The van der Waals surface area contributed by atoms with Gasteiger partial charge in [-0.3, -0.25) is 0 Å². The van der Waals surface area contributed by atoms with Gasteiger partial charge < -0.3 is 0 Å². The van der Waals surface area contributed by atoms with Gasteiger partial charge in [-0.15, -0.1) is 0 Å². The number of para-hydroxylation sites is 1. The van der Waals surface area contributed by atoms with Crippen molar-refractivity contribution in [2.75, 3.05) is 5.75 Å². The van der Waals surface area contributed by atoms with Crippen LogP contribution in [0.25, 0.3) is 33.3 Å². The lowest BCUT2D eigenvalue weighted by Crippen LogP contribution is -2.06. The zero-order valence-electron chi connectivity index (χ0n) is 16.5. The first-order valence-corrected chi connectivity index (χ1v) is 11.3. The monoisotopic (exact) mass is 441 g/mol. The van der Waals surface area contributed by atoms with Gasteiger partial charge >= 0.3 is 6.18 Å². The van der Waals surface area contributed by atoms with Gasteiger partial charge in [0.1, 0.15) is 0 Å². The predicted molar refractivity (Wildman–Crippen MR) is 115 cm³/mol. The normalized spacial score (nSPS) is 12.3. The minimum Gasteiger partial charge on any atom is -0.247 e. The maximum Gasteiger partial charge on any atom is 0.418 e. The molecule has 1 heterocycles. The van der Waals surface area contributed by atoms with Crippen molar-refractivity contribution in [1.29, 1.82) is 0 Å². The molecule has 0 aliphatic heterocycles. The molecule has 0 saturated carbocycles. The molecule has 0 unspecified atom stereocenters. The van der Waals surface area contributed by atoms with Gasteiger partial charge in [-0.1, -0.05) is 61.5 Å². The first-order chi connectivity index (χ1) is 14.7. The number of aromatic nitrogens is 1. The summed E-state index contributed by atoms with van der Waals surface area (Å²) in [5, 5.41) is 0.397. The third kappa shape index (κ3) is 4.05. The summed E-state index contributed by atoms with van der Waals surface area (Å²) >= 11 is 0. The summed E-state index contributed by atoms with van der Waals surface area (Å²) < 4.78 is 65.3. The van der Waals surface area contributed by atoms with Gasteiger partial charge in [-0.2, -0.15) is 13.2 Å².